The first-order valence-corrected chi connectivity index (χ1v) is 9.24. The second kappa shape index (κ2) is 5.08. The van der Waals surface area contributed by atoms with Crippen molar-refractivity contribution in [2.75, 3.05) is 7.11 Å². The minimum absolute atomic E-state index is 0.000110. The number of hydrogen-bond donors (Lipinski definition) is 1. The monoisotopic (exact) mass is 329 g/mol. The molecule has 1 saturated carbocycles. The van der Waals surface area contributed by atoms with Crippen LogP contribution >= 0.6 is 0 Å². The number of rotatable bonds is 4. The number of sulfonamides is 1. The fraction of sp³-hybridized carbons (Fsp3) is 0.333. The van der Waals surface area contributed by atoms with Crippen molar-refractivity contribution in [3.05, 3.63) is 59.2 Å². The Kier molecular flexibility index (Phi) is 3.25. The van der Waals surface area contributed by atoms with E-state index in [0.717, 1.165) is 12.0 Å². The average molecular weight is 329 g/mol. The minimum atomic E-state index is -3.58. The third-order valence-electron chi connectivity index (χ3n) is 4.94. The fourth-order valence-electron chi connectivity index (χ4n) is 3.75. The van der Waals surface area contributed by atoms with Gasteiger partial charge in [0.15, 0.2) is 0 Å². The molecule has 0 aliphatic heterocycles. The van der Waals surface area contributed by atoms with Crippen molar-refractivity contribution in [2.45, 2.75) is 30.2 Å². The molecule has 0 amide bonds. The van der Waals surface area contributed by atoms with E-state index in [-0.39, 0.29) is 10.9 Å². The first-order valence-electron chi connectivity index (χ1n) is 7.76. The van der Waals surface area contributed by atoms with Crippen LogP contribution < -0.4 is 9.46 Å². The third-order valence-corrected chi connectivity index (χ3v) is 6.42. The van der Waals surface area contributed by atoms with Crippen LogP contribution in [0, 0.1) is 12.8 Å². The lowest BCUT2D eigenvalue weighted by molar-refractivity contribution is 0.402. The van der Waals surface area contributed by atoms with Crippen LogP contribution in [0.1, 0.15) is 22.6 Å². The Morgan fingerprint density at radius 3 is 2.74 bits per heavy atom. The quantitative estimate of drug-likeness (QED) is 0.938. The second-order valence-electron chi connectivity index (χ2n) is 6.39. The van der Waals surface area contributed by atoms with Crippen LogP contribution in [0.3, 0.4) is 0 Å². The largest absolute Gasteiger partial charge is 0.495 e. The highest BCUT2D eigenvalue weighted by atomic mass is 32.2. The molecule has 1 N–H and O–H groups in total. The highest BCUT2D eigenvalue weighted by Gasteiger charge is 2.57. The van der Waals surface area contributed by atoms with E-state index in [4.69, 9.17) is 4.74 Å². The summed E-state index contributed by atoms with van der Waals surface area (Å²) >= 11 is 0. The summed E-state index contributed by atoms with van der Waals surface area (Å²) in [6.07, 6.45) is 0.957. The zero-order valence-corrected chi connectivity index (χ0v) is 13.9. The van der Waals surface area contributed by atoms with Crippen molar-refractivity contribution in [1.29, 1.82) is 0 Å². The maximum Gasteiger partial charge on any atom is 0.244 e. The zero-order chi connectivity index (χ0) is 16.2. The summed E-state index contributed by atoms with van der Waals surface area (Å²) in [4.78, 5) is 0.221. The SMILES string of the molecule is COc1ccc(C)cc1S(=O)(=O)N[C@@H]1[C@H]2Cc3ccccc3[C@@H]21. The van der Waals surface area contributed by atoms with Crippen LogP contribution in [0.4, 0.5) is 0 Å². The lowest BCUT2D eigenvalue weighted by Gasteiger charge is -2.13. The van der Waals surface area contributed by atoms with Gasteiger partial charge in [-0.1, -0.05) is 30.3 Å². The predicted molar refractivity (Wildman–Crippen MR) is 88.2 cm³/mol. The molecule has 2 aromatic carbocycles. The van der Waals surface area contributed by atoms with Crippen LogP contribution in [0.5, 0.6) is 5.75 Å². The van der Waals surface area contributed by atoms with E-state index in [1.807, 2.05) is 25.1 Å². The summed E-state index contributed by atoms with van der Waals surface area (Å²) in [6.45, 7) is 1.88. The first kappa shape index (κ1) is 14.7. The van der Waals surface area contributed by atoms with E-state index in [0.29, 0.717) is 17.6 Å². The van der Waals surface area contributed by atoms with Crippen LogP contribution in [0.15, 0.2) is 47.4 Å². The maximum absolute atomic E-state index is 12.8. The summed E-state index contributed by atoms with van der Waals surface area (Å²) in [7, 11) is -2.09. The summed E-state index contributed by atoms with van der Waals surface area (Å²) < 4.78 is 33.6. The molecular formula is C18H19NO3S. The summed E-state index contributed by atoms with van der Waals surface area (Å²) in [5, 5.41) is 0. The van der Waals surface area contributed by atoms with Gasteiger partial charge in [-0.25, -0.2) is 13.1 Å². The normalized spacial score (nSPS) is 24.9. The van der Waals surface area contributed by atoms with Gasteiger partial charge in [-0.05, 0) is 48.1 Å². The molecule has 3 atom stereocenters. The topological polar surface area (TPSA) is 55.4 Å². The number of ether oxygens (including phenoxy) is 1. The molecule has 2 aliphatic carbocycles. The van der Waals surface area contributed by atoms with Crippen molar-refractivity contribution >= 4 is 10.0 Å². The lowest BCUT2D eigenvalue weighted by atomic mass is 10.1. The molecule has 2 aromatic rings. The molecule has 5 heteroatoms. The molecule has 4 nitrogen and oxygen atoms in total. The van der Waals surface area contributed by atoms with Gasteiger partial charge in [-0.15, -0.1) is 0 Å². The van der Waals surface area contributed by atoms with Gasteiger partial charge >= 0.3 is 0 Å². The molecule has 120 valence electrons. The molecule has 1 fully saturated rings. The van der Waals surface area contributed by atoms with Gasteiger partial charge in [0.1, 0.15) is 10.6 Å². The Labute approximate surface area is 136 Å². The van der Waals surface area contributed by atoms with Crippen molar-refractivity contribution in [1.82, 2.24) is 4.72 Å². The van der Waals surface area contributed by atoms with E-state index in [2.05, 4.69) is 16.9 Å². The standard InChI is InChI=1S/C18H19NO3S/c1-11-7-8-15(22-2)16(9-11)23(20,21)19-18-14-10-12-5-3-4-6-13(12)17(14)18/h3-9,14,17-19H,10H2,1-2H3/t14-,17-,18+/m0/s1. The molecular weight excluding hydrogens is 310 g/mol. The average Bonchev–Trinajstić information content (AvgIpc) is 3.03. The molecule has 23 heavy (non-hydrogen) atoms. The predicted octanol–water partition coefficient (Wildman–Crippen LogP) is 2.62. The van der Waals surface area contributed by atoms with Crippen LogP contribution in [-0.4, -0.2) is 21.6 Å². The summed E-state index contributed by atoms with van der Waals surface area (Å²) in [6, 6.07) is 13.5. The number of methoxy groups -OCH3 is 1. The van der Waals surface area contributed by atoms with Gasteiger partial charge in [0, 0.05) is 12.0 Å². The Balaban J connectivity index is 1.60. The number of aryl methyl sites for hydroxylation is 1. The molecule has 0 heterocycles. The van der Waals surface area contributed by atoms with Crippen molar-refractivity contribution in [3.8, 4) is 5.75 Å². The van der Waals surface area contributed by atoms with E-state index in [1.165, 1.54) is 18.2 Å². The van der Waals surface area contributed by atoms with Gasteiger partial charge in [0.05, 0.1) is 7.11 Å². The second-order valence-corrected chi connectivity index (χ2v) is 8.08. The van der Waals surface area contributed by atoms with E-state index in [9.17, 15) is 8.42 Å². The van der Waals surface area contributed by atoms with Crippen LogP contribution in [-0.2, 0) is 16.4 Å². The molecule has 0 unspecified atom stereocenters. The number of hydrogen-bond acceptors (Lipinski definition) is 3. The van der Waals surface area contributed by atoms with E-state index < -0.39 is 10.0 Å². The van der Waals surface area contributed by atoms with Crippen LogP contribution in [0.2, 0.25) is 0 Å². The lowest BCUT2D eigenvalue weighted by Crippen LogP contribution is -2.29. The Bertz CT molecular complexity index is 876. The summed E-state index contributed by atoms with van der Waals surface area (Å²) in [5.41, 5.74) is 3.54. The number of fused-ring (bicyclic) bond motifs is 3. The van der Waals surface area contributed by atoms with Gasteiger partial charge in [-0.2, -0.15) is 0 Å². The molecule has 0 radical (unpaired) electrons. The van der Waals surface area contributed by atoms with Gasteiger partial charge in [0.25, 0.3) is 0 Å². The van der Waals surface area contributed by atoms with Crippen molar-refractivity contribution < 1.29 is 13.2 Å². The van der Waals surface area contributed by atoms with Crippen molar-refractivity contribution in [3.63, 3.8) is 0 Å². The maximum atomic E-state index is 12.8. The van der Waals surface area contributed by atoms with Gasteiger partial charge in [0.2, 0.25) is 10.0 Å². The molecule has 2 aliphatic rings. The zero-order valence-electron chi connectivity index (χ0n) is 13.1. The Morgan fingerprint density at radius 2 is 1.96 bits per heavy atom. The third kappa shape index (κ3) is 2.35. The Morgan fingerprint density at radius 1 is 1.17 bits per heavy atom. The number of benzene rings is 2. The van der Waals surface area contributed by atoms with Gasteiger partial charge < -0.3 is 4.74 Å². The van der Waals surface area contributed by atoms with Crippen LogP contribution in [0.25, 0.3) is 0 Å². The van der Waals surface area contributed by atoms with E-state index >= 15 is 0 Å². The van der Waals surface area contributed by atoms with E-state index in [1.54, 1.807) is 12.1 Å². The molecule has 0 spiro atoms. The first-order chi connectivity index (χ1) is 11.0. The Hall–Kier alpha value is -1.85. The highest BCUT2D eigenvalue weighted by Crippen LogP contribution is 2.56. The minimum Gasteiger partial charge on any atom is -0.495 e. The fourth-order valence-corrected chi connectivity index (χ4v) is 5.31. The molecule has 0 saturated heterocycles. The molecule has 0 aromatic heterocycles. The number of nitrogens with one attached hydrogen (secondary N) is 1. The molecule has 4 rings (SSSR count). The van der Waals surface area contributed by atoms with Gasteiger partial charge in [-0.3, -0.25) is 0 Å². The highest BCUT2D eigenvalue weighted by molar-refractivity contribution is 7.89. The molecule has 0 bridgehead atoms. The summed E-state index contributed by atoms with van der Waals surface area (Å²) in [5.74, 6) is 1.09. The van der Waals surface area contributed by atoms with Crippen molar-refractivity contribution in [2.24, 2.45) is 5.92 Å². The smallest absolute Gasteiger partial charge is 0.244 e.